The van der Waals surface area contributed by atoms with Gasteiger partial charge in [-0.05, 0) is 35.9 Å². The monoisotopic (exact) mass is 417 g/mol. The summed E-state index contributed by atoms with van der Waals surface area (Å²) in [4.78, 5) is 3.29. The molecule has 0 saturated carbocycles. The van der Waals surface area contributed by atoms with E-state index in [1.807, 2.05) is 24.3 Å². The number of likely N-dealkylation sites (N-methyl/N-ethyl adjacent to an activating group) is 1. The second kappa shape index (κ2) is 9.57. The van der Waals surface area contributed by atoms with Gasteiger partial charge in [-0.25, -0.2) is 0 Å². The predicted molar refractivity (Wildman–Crippen MR) is 117 cm³/mol. The zero-order chi connectivity index (χ0) is 19.2. The summed E-state index contributed by atoms with van der Waals surface area (Å²) < 4.78 is 0.934. The SMILES string of the molecule is CCN(CCO)Cc1cc(-c2ssc(=S)c2Cc2ccccc2)ccc1O. The third-order valence-electron chi connectivity index (χ3n) is 4.54. The van der Waals surface area contributed by atoms with Crippen molar-refractivity contribution in [1.82, 2.24) is 4.90 Å². The molecule has 6 heteroatoms. The lowest BCUT2D eigenvalue weighted by Crippen LogP contribution is -2.26. The Hall–Kier alpha value is -1.57. The third kappa shape index (κ3) is 5.03. The van der Waals surface area contributed by atoms with Crippen molar-refractivity contribution in [2.24, 2.45) is 0 Å². The van der Waals surface area contributed by atoms with E-state index in [0.717, 1.165) is 27.9 Å². The van der Waals surface area contributed by atoms with Crippen molar-refractivity contribution in [3.63, 3.8) is 0 Å². The first kappa shape index (κ1) is 20.2. The Morgan fingerprint density at radius 3 is 2.56 bits per heavy atom. The summed E-state index contributed by atoms with van der Waals surface area (Å²) in [5.41, 5.74) is 4.39. The Labute approximate surface area is 172 Å². The number of phenolic OH excluding ortho intramolecular Hbond substituents is 1. The molecule has 2 aromatic carbocycles. The fraction of sp³-hybridized carbons (Fsp3) is 0.286. The van der Waals surface area contributed by atoms with Gasteiger partial charge >= 0.3 is 0 Å². The van der Waals surface area contributed by atoms with Crippen LogP contribution >= 0.6 is 32.9 Å². The Bertz CT molecular complexity index is 934. The molecule has 0 aliphatic carbocycles. The van der Waals surface area contributed by atoms with Gasteiger partial charge in [0.2, 0.25) is 0 Å². The van der Waals surface area contributed by atoms with E-state index in [2.05, 4.69) is 30.0 Å². The van der Waals surface area contributed by atoms with E-state index < -0.39 is 0 Å². The van der Waals surface area contributed by atoms with Crippen molar-refractivity contribution in [2.45, 2.75) is 19.9 Å². The van der Waals surface area contributed by atoms with Crippen molar-refractivity contribution in [3.05, 3.63) is 69.0 Å². The molecule has 0 unspecified atom stereocenters. The minimum Gasteiger partial charge on any atom is -0.508 e. The number of rotatable bonds is 8. The molecule has 1 aromatic heterocycles. The van der Waals surface area contributed by atoms with Crippen LogP contribution in [0.3, 0.4) is 0 Å². The van der Waals surface area contributed by atoms with Crippen molar-refractivity contribution in [3.8, 4) is 16.2 Å². The lowest BCUT2D eigenvalue weighted by molar-refractivity contribution is 0.195. The Kier molecular flexibility index (Phi) is 7.15. The maximum Gasteiger partial charge on any atom is 0.120 e. The van der Waals surface area contributed by atoms with Gasteiger partial charge in [0, 0.05) is 30.6 Å². The van der Waals surface area contributed by atoms with Gasteiger partial charge in [-0.15, -0.1) is 0 Å². The van der Waals surface area contributed by atoms with Crippen LogP contribution < -0.4 is 0 Å². The Morgan fingerprint density at radius 2 is 1.85 bits per heavy atom. The second-order valence-corrected chi connectivity index (χ2v) is 9.18. The average molecular weight is 418 g/mol. The fourth-order valence-corrected chi connectivity index (χ4v) is 5.94. The number of aromatic hydroxyl groups is 1. The van der Waals surface area contributed by atoms with Crippen LogP contribution in [0, 0.1) is 3.82 Å². The van der Waals surface area contributed by atoms with Crippen LogP contribution in [0.4, 0.5) is 0 Å². The highest BCUT2D eigenvalue weighted by molar-refractivity contribution is 7.80. The third-order valence-corrected chi connectivity index (χ3v) is 7.74. The van der Waals surface area contributed by atoms with Crippen molar-refractivity contribution in [2.75, 3.05) is 19.7 Å². The van der Waals surface area contributed by atoms with E-state index in [9.17, 15) is 10.2 Å². The van der Waals surface area contributed by atoms with Gasteiger partial charge < -0.3 is 10.2 Å². The topological polar surface area (TPSA) is 43.7 Å². The molecule has 0 saturated heterocycles. The number of nitrogens with zero attached hydrogens (tertiary/aromatic N) is 1. The number of benzene rings is 2. The van der Waals surface area contributed by atoms with E-state index >= 15 is 0 Å². The first-order chi connectivity index (χ1) is 13.1. The van der Waals surface area contributed by atoms with Crippen LogP contribution in [0.5, 0.6) is 5.75 Å². The number of phenols is 1. The number of hydrogen-bond donors (Lipinski definition) is 2. The first-order valence-corrected chi connectivity index (χ1v) is 11.5. The molecule has 2 N–H and O–H groups in total. The van der Waals surface area contributed by atoms with Crippen LogP contribution in [-0.4, -0.2) is 34.8 Å². The van der Waals surface area contributed by atoms with Gasteiger partial charge in [0.05, 0.1) is 11.5 Å². The van der Waals surface area contributed by atoms with Gasteiger partial charge in [0.1, 0.15) is 9.57 Å². The molecular weight excluding hydrogens is 394 g/mol. The molecule has 0 bridgehead atoms. The molecule has 0 aliphatic heterocycles. The maximum absolute atomic E-state index is 10.3. The predicted octanol–water partition coefficient (Wildman–Crippen LogP) is 5.32. The molecule has 3 aromatic rings. The van der Waals surface area contributed by atoms with Gasteiger partial charge in [0.15, 0.2) is 0 Å². The van der Waals surface area contributed by atoms with E-state index in [1.54, 1.807) is 26.7 Å². The molecule has 0 aliphatic rings. The van der Waals surface area contributed by atoms with Crippen LogP contribution in [0.1, 0.15) is 23.6 Å². The molecule has 0 radical (unpaired) electrons. The zero-order valence-corrected chi connectivity index (χ0v) is 17.7. The summed E-state index contributed by atoms with van der Waals surface area (Å²) in [6.45, 7) is 4.19. The molecule has 0 amide bonds. The van der Waals surface area contributed by atoms with Gasteiger partial charge in [-0.2, -0.15) is 0 Å². The molecule has 142 valence electrons. The lowest BCUT2D eigenvalue weighted by Gasteiger charge is -2.20. The van der Waals surface area contributed by atoms with Gasteiger partial charge in [-0.3, -0.25) is 4.90 Å². The minimum absolute atomic E-state index is 0.113. The van der Waals surface area contributed by atoms with Gasteiger partial charge in [0.25, 0.3) is 0 Å². The van der Waals surface area contributed by atoms with Crippen molar-refractivity contribution < 1.29 is 10.2 Å². The molecule has 0 spiro atoms. The molecular formula is C21H23NO2S3. The number of aliphatic hydroxyl groups excluding tert-OH is 1. The van der Waals surface area contributed by atoms with Crippen LogP contribution in [0.2, 0.25) is 0 Å². The van der Waals surface area contributed by atoms with Crippen LogP contribution in [-0.2, 0) is 13.0 Å². The fourth-order valence-electron chi connectivity index (χ4n) is 3.03. The zero-order valence-electron chi connectivity index (χ0n) is 15.2. The maximum atomic E-state index is 10.3. The molecule has 1 heterocycles. The summed E-state index contributed by atoms with van der Waals surface area (Å²) in [5, 5.41) is 19.5. The quantitative estimate of drug-likeness (QED) is 0.385. The van der Waals surface area contributed by atoms with E-state index in [4.69, 9.17) is 12.2 Å². The summed E-state index contributed by atoms with van der Waals surface area (Å²) in [6.07, 6.45) is 0.816. The lowest BCUT2D eigenvalue weighted by atomic mass is 10.0. The van der Waals surface area contributed by atoms with E-state index in [-0.39, 0.29) is 6.61 Å². The number of aliphatic hydroxyl groups is 1. The molecule has 27 heavy (non-hydrogen) atoms. The average Bonchev–Trinajstić information content (AvgIpc) is 3.04. The Balaban J connectivity index is 1.93. The summed E-state index contributed by atoms with van der Waals surface area (Å²) in [6, 6.07) is 16.1. The molecule has 0 fully saturated rings. The normalized spacial score (nSPS) is 11.2. The van der Waals surface area contributed by atoms with Crippen molar-refractivity contribution >= 4 is 32.9 Å². The molecule has 3 nitrogen and oxygen atoms in total. The smallest absolute Gasteiger partial charge is 0.120 e. The summed E-state index contributed by atoms with van der Waals surface area (Å²) >= 11 is 5.60. The largest absolute Gasteiger partial charge is 0.508 e. The molecule has 0 atom stereocenters. The van der Waals surface area contributed by atoms with Crippen LogP contribution in [0.25, 0.3) is 10.4 Å². The van der Waals surface area contributed by atoms with E-state index in [1.165, 1.54) is 16.0 Å². The minimum atomic E-state index is 0.113. The second-order valence-electron chi connectivity index (χ2n) is 6.36. The van der Waals surface area contributed by atoms with Crippen LogP contribution in [0.15, 0.2) is 48.5 Å². The highest BCUT2D eigenvalue weighted by Gasteiger charge is 2.14. The molecule has 3 rings (SSSR count). The number of hydrogen-bond acceptors (Lipinski definition) is 6. The van der Waals surface area contributed by atoms with E-state index in [0.29, 0.717) is 18.8 Å². The summed E-state index contributed by atoms with van der Waals surface area (Å²) in [7, 11) is 3.33. The summed E-state index contributed by atoms with van der Waals surface area (Å²) in [5.74, 6) is 0.290. The van der Waals surface area contributed by atoms with Crippen molar-refractivity contribution in [1.29, 1.82) is 0 Å². The highest BCUT2D eigenvalue weighted by atomic mass is 32.9. The highest BCUT2D eigenvalue weighted by Crippen LogP contribution is 2.37. The first-order valence-electron chi connectivity index (χ1n) is 8.93. The standard InChI is InChI=1S/C21H23NO2S3/c1-2-22(10-11-23)14-17-13-16(8-9-19(17)24)20-18(21(25)27-26-20)12-15-6-4-3-5-7-15/h3-9,13,23-24H,2,10-12,14H2,1H3. The van der Waals surface area contributed by atoms with Gasteiger partial charge in [-0.1, -0.05) is 70.2 Å². The Morgan fingerprint density at radius 1 is 1.07 bits per heavy atom.